The van der Waals surface area contributed by atoms with Crippen molar-refractivity contribution in [3.8, 4) is 0 Å². The number of hydrogen-bond acceptors (Lipinski definition) is 7. The molecule has 0 radical (unpaired) electrons. The van der Waals surface area contributed by atoms with Gasteiger partial charge in [0, 0.05) is 5.69 Å². The van der Waals surface area contributed by atoms with Gasteiger partial charge in [-0.25, -0.2) is 14.3 Å². The van der Waals surface area contributed by atoms with Gasteiger partial charge in [0.25, 0.3) is 0 Å². The molecule has 158 valence electrons. The second-order valence-corrected chi connectivity index (χ2v) is 11.6. The fraction of sp³-hybridized carbons (Fsp3) is 0.550. The van der Waals surface area contributed by atoms with Crippen molar-refractivity contribution in [1.82, 2.24) is 4.98 Å². The number of aliphatic hydroxyl groups is 2. The van der Waals surface area contributed by atoms with Crippen molar-refractivity contribution < 1.29 is 14.4 Å². The minimum absolute atomic E-state index is 0.229. The molecule has 0 bridgehead atoms. The molecular weight excluding hydrogens is 408 g/mol. The number of nitrogens with two attached hydrogens (primary N) is 1. The number of benzene rings is 1. The Morgan fingerprint density at radius 1 is 1.38 bits per heavy atom. The summed E-state index contributed by atoms with van der Waals surface area (Å²) in [5.41, 5.74) is 4.92. The average Bonchev–Trinajstić information content (AvgIpc) is 3.33. The first-order valence-electron chi connectivity index (χ1n) is 9.91. The lowest BCUT2D eigenvalue weighted by Crippen LogP contribution is -2.23. The van der Waals surface area contributed by atoms with Crippen LogP contribution in [-0.4, -0.2) is 25.8 Å². The molecule has 3 atom stereocenters. The molecule has 0 fully saturated rings. The van der Waals surface area contributed by atoms with Crippen LogP contribution in [0.5, 0.6) is 0 Å². The molecule has 9 heteroatoms. The standard InChI is InChI=1S/C20H28N4O3S2/c1-11-7-8-13-9-12-5-4-6-14(12)17(16(11)13)23-19(25)24-29(21,27)15-10-22-18(28-15)20(2,3)26/h9-11,19,23,25-26H,4-8H2,1-3H3,(H2,21,24,27). The Balaban J connectivity index is 1.66. The highest BCUT2D eigenvalue weighted by Crippen LogP contribution is 2.44. The van der Waals surface area contributed by atoms with Crippen LogP contribution in [0.1, 0.15) is 66.8 Å². The van der Waals surface area contributed by atoms with E-state index in [0.29, 0.717) is 10.9 Å². The molecule has 1 heterocycles. The zero-order chi connectivity index (χ0) is 21.0. The number of rotatable bonds is 5. The van der Waals surface area contributed by atoms with E-state index in [2.05, 4.69) is 27.7 Å². The van der Waals surface area contributed by atoms with Gasteiger partial charge in [-0.15, -0.1) is 11.3 Å². The minimum atomic E-state index is -3.35. The third-order valence-electron chi connectivity index (χ3n) is 5.69. The maximum Gasteiger partial charge on any atom is 0.233 e. The Morgan fingerprint density at radius 3 is 2.83 bits per heavy atom. The Bertz CT molecular complexity index is 1060. The Morgan fingerprint density at radius 2 is 2.14 bits per heavy atom. The first-order chi connectivity index (χ1) is 13.6. The summed E-state index contributed by atoms with van der Waals surface area (Å²) in [4.78, 5) is 4.10. The number of aryl methyl sites for hydroxylation is 2. The lowest BCUT2D eigenvalue weighted by atomic mass is 9.95. The molecule has 0 aliphatic heterocycles. The zero-order valence-corrected chi connectivity index (χ0v) is 18.6. The van der Waals surface area contributed by atoms with Crippen LogP contribution in [0.4, 0.5) is 5.69 Å². The van der Waals surface area contributed by atoms with Crippen molar-refractivity contribution in [1.29, 1.82) is 0 Å². The van der Waals surface area contributed by atoms with Gasteiger partial charge in [-0.1, -0.05) is 13.0 Å². The highest BCUT2D eigenvalue weighted by Gasteiger charge is 2.29. The smallest absolute Gasteiger partial charge is 0.233 e. The summed E-state index contributed by atoms with van der Waals surface area (Å²) in [6, 6.07) is 2.32. The summed E-state index contributed by atoms with van der Waals surface area (Å²) >= 11 is 1.04. The summed E-state index contributed by atoms with van der Waals surface area (Å²) in [6.07, 6.45) is 5.21. The lowest BCUT2D eigenvalue weighted by molar-refractivity contribution is 0.0783. The van der Waals surface area contributed by atoms with E-state index < -0.39 is 21.9 Å². The predicted octanol–water partition coefficient (Wildman–Crippen LogP) is 3.00. The van der Waals surface area contributed by atoms with Gasteiger partial charge in [0.05, 0.1) is 6.20 Å². The van der Waals surface area contributed by atoms with Crippen LogP contribution in [-0.2, 0) is 34.8 Å². The van der Waals surface area contributed by atoms with Gasteiger partial charge in [0.2, 0.25) is 6.35 Å². The molecule has 2 aliphatic carbocycles. The molecule has 4 rings (SSSR count). The largest absolute Gasteiger partial charge is 0.383 e. The number of nitrogens with one attached hydrogen (secondary N) is 1. The van der Waals surface area contributed by atoms with Gasteiger partial charge in [-0.05, 0) is 74.1 Å². The van der Waals surface area contributed by atoms with Crippen LogP contribution < -0.4 is 10.5 Å². The van der Waals surface area contributed by atoms with E-state index in [0.717, 1.165) is 49.1 Å². The monoisotopic (exact) mass is 436 g/mol. The Kier molecular flexibility index (Phi) is 5.23. The van der Waals surface area contributed by atoms with E-state index in [9.17, 15) is 14.4 Å². The van der Waals surface area contributed by atoms with Crippen LogP contribution in [0, 0.1) is 0 Å². The second-order valence-electron chi connectivity index (χ2n) is 8.49. The molecule has 1 aromatic heterocycles. The number of aromatic nitrogens is 1. The quantitative estimate of drug-likeness (QED) is 0.537. The van der Waals surface area contributed by atoms with Crippen LogP contribution in [0.15, 0.2) is 20.8 Å². The van der Waals surface area contributed by atoms with Crippen LogP contribution in [0.25, 0.3) is 0 Å². The molecule has 0 saturated heterocycles. The number of fused-ring (bicyclic) bond motifs is 2. The third kappa shape index (κ3) is 3.94. The van der Waals surface area contributed by atoms with E-state index >= 15 is 0 Å². The number of nitrogens with zero attached hydrogens (tertiary/aromatic N) is 2. The number of hydrogen-bond donors (Lipinski definition) is 4. The molecule has 0 spiro atoms. The average molecular weight is 437 g/mol. The number of aliphatic hydroxyl groups excluding tert-OH is 1. The van der Waals surface area contributed by atoms with Crippen molar-refractivity contribution in [2.45, 2.75) is 75.0 Å². The van der Waals surface area contributed by atoms with Gasteiger partial charge in [0.15, 0.2) is 0 Å². The Hall–Kier alpha value is -1.52. The Labute approximate surface area is 175 Å². The molecule has 2 aliphatic rings. The summed E-state index contributed by atoms with van der Waals surface area (Å²) in [6.45, 7) is 5.39. The van der Waals surface area contributed by atoms with E-state index in [-0.39, 0.29) is 4.21 Å². The summed E-state index contributed by atoms with van der Waals surface area (Å²) in [5, 5.41) is 30.1. The SMILES string of the molecule is CC1CCc2cc3c(c(NC(O)N=S(N)(=O)c4cnc(C(C)(C)O)s4)c21)CCC3. The molecule has 29 heavy (non-hydrogen) atoms. The van der Waals surface area contributed by atoms with Gasteiger partial charge in [-0.2, -0.15) is 4.36 Å². The molecule has 5 N–H and O–H groups in total. The maximum atomic E-state index is 13.0. The van der Waals surface area contributed by atoms with Crippen molar-refractivity contribution >= 4 is 26.9 Å². The molecular formula is C20H28N4O3S2. The molecule has 7 nitrogen and oxygen atoms in total. The van der Waals surface area contributed by atoms with Gasteiger partial charge < -0.3 is 15.5 Å². The first kappa shape index (κ1) is 20.7. The minimum Gasteiger partial charge on any atom is -0.383 e. The van der Waals surface area contributed by atoms with Crippen molar-refractivity contribution in [3.63, 3.8) is 0 Å². The molecule has 0 saturated carbocycles. The highest BCUT2D eigenvalue weighted by atomic mass is 32.2. The third-order valence-corrected chi connectivity index (χ3v) is 8.96. The van der Waals surface area contributed by atoms with Crippen molar-refractivity contribution in [3.05, 3.63) is 39.5 Å². The molecule has 3 unspecified atom stereocenters. The molecule has 0 amide bonds. The van der Waals surface area contributed by atoms with Crippen molar-refractivity contribution in [2.24, 2.45) is 9.50 Å². The highest BCUT2D eigenvalue weighted by molar-refractivity contribution is 7.93. The second kappa shape index (κ2) is 7.31. The number of thiazole rings is 1. The predicted molar refractivity (Wildman–Crippen MR) is 115 cm³/mol. The van der Waals surface area contributed by atoms with E-state index in [1.807, 2.05) is 0 Å². The maximum absolute atomic E-state index is 13.0. The van der Waals surface area contributed by atoms with Gasteiger partial charge in [0.1, 0.15) is 24.7 Å². The molecule has 1 aromatic carbocycles. The van der Waals surface area contributed by atoms with Crippen LogP contribution in [0.2, 0.25) is 0 Å². The van der Waals surface area contributed by atoms with Crippen LogP contribution >= 0.6 is 11.3 Å². The van der Waals surface area contributed by atoms with E-state index in [4.69, 9.17) is 5.14 Å². The summed E-state index contributed by atoms with van der Waals surface area (Å²) < 4.78 is 17.2. The topological polar surface area (TPSA) is 121 Å². The summed E-state index contributed by atoms with van der Waals surface area (Å²) in [5.74, 6) is 0.406. The number of anilines is 1. The summed E-state index contributed by atoms with van der Waals surface area (Å²) in [7, 11) is -3.35. The normalized spacial score (nSPS) is 21.4. The first-order valence-corrected chi connectivity index (χ1v) is 12.3. The lowest BCUT2D eigenvalue weighted by Gasteiger charge is -2.21. The fourth-order valence-electron chi connectivity index (χ4n) is 4.31. The van der Waals surface area contributed by atoms with E-state index in [1.54, 1.807) is 13.8 Å². The van der Waals surface area contributed by atoms with Crippen LogP contribution in [0.3, 0.4) is 0 Å². The van der Waals surface area contributed by atoms with Gasteiger partial charge >= 0.3 is 0 Å². The van der Waals surface area contributed by atoms with E-state index in [1.165, 1.54) is 28.5 Å². The molecule has 2 aromatic rings. The zero-order valence-electron chi connectivity index (χ0n) is 16.9. The van der Waals surface area contributed by atoms with Gasteiger partial charge in [-0.3, -0.25) is 0 Å². The fourth-order valence-corrected chi connectivity index (χ4v) is 6.46. The van der Waals surface area contributed by atoms with Crippen molar-refractivity contribution in [2.75, 3.05) is 5.32 Å².